The van der Waals surface area contributed by atoms with Crippen molar-refractivity contribution in [3.8, 4) is 0 Å². The molecule has 0 fully saturated rings. The van der Waals surface area contributed by atoms with Gasteiger partial charge < -0.3 is 9.88 Å². The van der Waals surface area contributed by atoms with Crippen molar-refractivity contribution >= 4 is 34.6 Å². The number of hydrogen-bond acceptors (Lipinski definition) is 2. The highest BCUT2D eigenvalue weighted by Crippen LogP contribution is 2.18. The molecular weight excluding hydrogens is 406 g/mol. The first-order valence-electron chi connectivity index (χ1n) is 10.4. The largest absolute Gasteiger partial charge is 0.352 e. The fraction of sp³-hybridized carbons (Fsp3) is 0.154. The second-order valence-electron chi connectivity index (χ2n) is 7.31. The predicted molar refractivity (Wildman–Crippen MR) is 127 cm³/mol. The molecule has 0 saturated carbocycles. The minimum absolute atomic E-state index is 0.109. The maximum absolute atomic E-state index is 12.3. The zero-order chi connectivity index (χ0) is 21.5. The Hall–Kier alpha value is -3.37. The van der Waals surface area contributed by atoms with Gasteiger partial charge in [0.15, 0.2) is 0 Å². The van der Waals surface area contributed by atoms with Crippen LogP contribution in [0.3, 0.4) is 0 Å². The number of fused-ring (bicyclic) bond motifs is 1. The molecule has 0 aliphatic rings. The SMILES string of the molecule is O=C(NCCCc1nc2ccccc2n1C/C=C/c1ccccc1)c1cccc(Cl)c1. The van der Waals surface area contributed by atoms with Crippen LogP contribution in [-0.2, 0) is 13.0 Å². The van der Waals surface area contributed by atoms with Crippen LogP contribution in [0.1, 0.15) is 28.2 Å². The summed E-state index contributed by atoms with van der Waals surface area (Å²) < 4.78 is 2.24. The summed E-state index contributed by atoms with van der Waals surface area (Å²) >= 11 is 5.97. The molecular formula is C26H24ClN3O. The number of para-hydroxylation sites is 2. The maximum Gasteiger partial charge on any atom is 0.251 e. The Kier molecular flexibility index (Phi) is 6.80. The van der Waals surface area contributed by atoms with Gasteiger partial charge in [0.05, 0.1) is 11.0 Å². The van der Waals surface area contributed by atoms with Crippen LogP contribution >= 0.6 is 11.6 Å². The summed E-state index contributed by atoms with van der Waals surface area (Å²) in [5, 5.41) is 3.53. The first-order valence-corrected chi connectivity index (χ1v) is 10.8. The number of aromatic nitrogens is 2. The van der Waals surface area contributed by atoms with E-state index in [0.717, 1.165) is 36.2 Å². The number of allylic oxidation sites excluding steroid dienone is 1. The number of aryl methyl sites for hydroxylation is 1. The molecule has 4 rings (SSSR count). The third-order valence-electron chi connectivity index (χ3n) is 5.08. The Labute approximate surface area is 187 Å². The van der Waals surface area contributed by atoms with Gasteiger partial charge in [0.25, 0.3) is 5.91 Å². The van der Waals surface area contributed by atoms with E-state index >= 15 is 0 Å². The third kappa shape index (κ3) is 5.41. The molecule has 0 atom stereocenters. The van der Waals surface area contributed by atoms with E-state index < -0.39 is 0 Å². The number of rotatable bonds is 8. The second-order valence-corrected chi connectivity index (χ2v) is 7.75. The lowest BCUT2D eigenvalue weighted by molar-refractivity contribution is 0.0953. The van der Waals surface area contributed by atoms with Gasteiger partial charge in [-0.25, -0.2) is 4.98 Å². The average molecular weight is 430 g/mol. The first-order chi connectivity index (χ1) is 15.2. The summed E-state index contributed by atoms with van der Waals surface area (Å²) in [4.78, 5) is 17.1. The molecule has 3 aromatic carbocycles. The summed E-state index contributed by atoms with van der Waals surface area (Å²) in [7, 11) is 0. The molecule has 0 spiro atoms. The molecule has 0 saturated heterocycles. The third-order valence-corrected chi connectivity index (χ3v) is 5.32. The van der Waals surface area contributed by atoms with Gasteiger partial charge >= 0.3 is 0 Å². The highest BCUT2D eigenvalue weighted by atomic mass is 35.5. The molecule has 1 heterocycles. The van der Waals surface area contributed by atoms with Gasteiger partial charge in [-0.15, -0.1) is 0 Å². The van der Waals surface area contributed by atoms with E-state index in [4.69, 9.17) is 16.6 Å². The molecule has 0 radical (unpaired) electrons. The van der Waals surface area contributed by atoms with Crippen LogP contribution in [-0.4, -0.2) is 22.0 Å². The van der Waals surface area contributed by atoms with E-state index in [0.29, 0.717) is 17.1 Å². The van der Waals surface area contributed by atoms with Crippen LogP contribution in [0.2, 0.25) is 5.02 Å². The summed E-state index contributed by atoms with van der Waals surface area (Å²) in [6, 6.07) is 25.4. The second kappa shape index (κ2) is 10.1. The van der Waals surface area contributed by atoms with Crippen molar-refractivity contribution in [1.29, 1.82) is 0 Å². The van der Waals surface area contributed by atoms with Crippen molar-refractivity contribution in [2.45, 2.75) is 19.4 Å². The zero-order valence-electron chi connectivity index (χ0n) is 17.2. The lowest BCUT2D eigenvalue weighted by Gasteiger charge is -2.08. The fourth-order valence-corrected chi connectivity index (χ4v) is 3.75. The van der Waals surface area contributed by atoms with E-state index in [1.165, 1.54) is 5.56 Å². The number of amides is 1. The molecule has 31 heavy (non-hydrogen) atoms. The number of imidazole rings is 1. The topological polar surface area (TPSA) is 46.9 Å². The smallest absolute Gasteiger partial charge is 0.251 e. The number of halogens is 1. The lowest BCUT2D eigenvalue weighted by atomic mass is 10.2. The fourth-order valence-electron chi connectivity index (χ4n) is 3.56. The van der Waals surface area contributed by atoms with E-state index in [2.05, 4.69) is 40.2 Å². The quantitative estimate of drug-likeness (QED) is 0.361. The Morgan fingerprint density at radius 1 is 1.00 bits per heavy atom. The van der Waals surface area contributed by atoms with Crippen LogP contribution in [0.15, 0.2) is 84.9 Å². The number of nitrogens with one attached hydrogen (secondary N) is 1. The Morgan fingerprint density at radius 2 is 1.81 bits per heavy atom. The molecule has 1 N–H and O–H groups in total. The number of carbonyl (C=O) groups excluding carboxylic acids is 1. The molecule has 1 amide bonds. The van der Waals surface area contributed by atoms with Crippen LogP contribution in [0, 0.1) is 0 Å². The van der Waals surface area contributed by atoms with Crippen molar-refractivity contribution in [2.24, 2.45) is 0 Å². The van der Waals surface area contributed by atoms with Gasteiger partial charge in [-0.3, -0.25) is 4.79 Å². The lowest BCUT2D eigenvalue weighted by Crippen LogP contribution is -2.25. The van der Waals surface area contributed by atoms with Crippen LogP contribution in [0.25, 0.3) is 17.1 Å². The molecule has 0 aliphatic carbocycles. The number of hydrogen-bond donors (Lipinski definition) is 1. The predicted octanol–water partition coefficient (Wildman–Crippen LogP) is 5.77. The van der Waals surface area contributed by atoms with Crippen molar-refractivity contribution in [3.63, 3.8) is 0 Å². The van der Waals surface area contributed by atoms with Gasteiger partial charge in [0.1, 0.15) is 5.82 Å². The molecule has 0 bridgehead atoms. The van der Waals surface area contributed by atoms with Gasteiger partial charge in [-0.05, 0) is 42.3 Å². The van der Waals surface area contributed by atoms with Crippen molar-refractivity contribution in [1.82, 2.24) is 14.9 Å². The minimum Gasteiger partial charge on any atom is -0.352 e. The Morgan fingerprint density at radius 3 is 2.65 bits per heavy atom. The van der Waals surface area contributed by atoms with Crippen molar-refractivity contribution in [2.75, 3.05) is 6.54 Å². The first kappa shape index (κ1) is 20.9. The highest BCUT2D eigenvalue weighted by molar-refractivity contribution is 6.30. The maximum atomic E-state index is 12.3. The molecule has 0 aliphatic heterocycles. The standard InChI is InChI=1S/C26H24ClN3O/c27-22-13-6-12-21(19-22)26(31)28-17-7-16-25-29-23-14-4-5-15-24(23)30(25)18-8-11-20-9-2-1-3-10-20/h1-6,8-15,19H,7,16-18H2,(H,28,31)/b11-8+. The summed E-state index contributed by atoms with van der Waals surface area (Å²) in [6.07, 6.45) is 5.87. The van der Waals surface area contributed by atoms with E-state index in [1.54, 1.807) is 24.3 Å². The van der Waals surface area contributed by atoms with Gasteiger partial charge in [-0.1, -0.05) is 72.3 Å². The summed E-state index contributed by atoms with van der Waals surface area (Å²) in [5.41, 5.74) is 3.87. The molecule has 5 heteroatoms. The number of benzene rings is 3. The van der Waals surface area contributed by atoms with Crippen LogP contribution in [0.5, 0.6) is 0 Å². The van der Waals surface area contributed by atoms with Crippen LogP contribution < -0.4 is 5.32 Å². The van der Waals surface area contributed by atoms with Crippen molar-refractivity contribution < 1.29 is 4.79 Å². The van der Waals surface area contributed by atoms with E-state index in [1.807, 2.05) is 36.4 Å². The molecule has 1 aromatic heterocycles. The average Bonchev–Trinajstić information content (AvgIpc) is 3.15. The molecule has 4 aromatic rings. The molecule has 156 valence electrons. The zero-order valence-corrected chi connectivity index (χ0v) is 17.9. The monoisotopic (exact) mass is 429 g/mol. The van der Waals surface area contributed by atoms with Gasteiger partial charge in [0.2, 0.25) is 0 Å². The van der Waals surface area contributed by atoms with Gasteiger partial charge in [-0.2, -0.15) is 0 Å². The molecule has 4 nitrogen and oxygen atoms in total. The summed E-state index contributed by atoms with van der Waals surface area (Å²) in [6.45, 7) is 1.33. The van der Waals surface area contributed by atoms with E-state index in [-0.39, 0.29) is 5.91 Å². The summed E-state index contributed by atoms with van der Waals surface area (Å²) in [5.74, 6) is 0.915. The normalized spacial score (nSPS) is 11.3. The number of nitrogens with zero attached hydrogens (tertiary/aromatic N) is 2. The Balaban J connectivity index is 1.40. The number of carbonyl (C=O) groups is 1. The minimum atomic E-state index is -0.109. The van der Waals surface area contributed by atoms with Crippen molar-refractivity contribution in [3.05, 3.63) is 107 Å². The molecule has 0 unspecified atom stereocenters. The van der Waals surface area contributed by atoms with Gasteiger partial charge in [0, 0.05) is 30.1 Å². The Bertz CT molecular complexity index is 1200. The van der Waals surface area contributed by atoms with Crippen LogP contribution in [0.4, 0.5) is 0 Å². The highest BCUT2D eigenvalue weighted by Gasteiger charge is 2.10. The van der Waals surface area contributed by atoms with E-state index in [9.17, 15) is 4.79 Å².